The van der Waals surface area contributed by atoms with Crippen molar-refractivity contribution < 1.29 is 19.1 Å². The Morgan fingerprint density at radius 1 is 1.67 bits per heavy atom. The summed E-state index contributed by atoms with van der Waals surface area (Å²) in [7, 11) is 0. The van der Waals surface area contributed by atoms with Crippen LogP contribution in [0.25, 0.3) is 0 Å². The van der Waals surface area contributed by atoms with Crippen LogP contribution in [-0.4, -0.2) is 46.4 Å². The Morgan fingerprint density at radius 3 is 2.73 bits per heavy atom. The highest BCUT2D eigenvalue weighted by Gasteiger charge is 2.40. The van der Waals surface area contributed by atoms with E-state index in [1.54, 1.807) is 6.92 Å². The summed E-state index contributed by atoms with van der Waals surface area (Å²) in [5.41, 5.74) is 0. The molecule has 1 rings (SSSR count). The van der Waals surface area contributed by atoms with Gasteiger partial charge in [-0.2, -0.15) is 12.6 Å². The monoisotopic (exact) mass is 234 g/mol. The number of nitrogens with zero attached hydrogens (tertiary/aromatic N) is 1. The topological polar surface area (TPSA) is 57.6 Å². The number of alkyl halides is 1. The zero-order valence-electron chi connectivity index (χ0n) is 8.39. The molecule has 6 heteroatoms. The lowest BCUT2D eigenvalue weighted by atomic mass is 10.1. The van der Waals surface area contributed by atoms with E-state index in [-0.39, 0.29) is 24.8 Å². The minimum absolute atomic E-state index is 0.111. The van der Waals surface area contributed by atoms with Crippen LogP contribution in [0.4, 0.5) is 4.39 Å². The number of carboxylic acid groups (broad SMARTS) is 1. The van der Waals surface area contributed by atoms with Gasteiger partial charge in [-0.15, -0.1) is 0 Å². The fourth-order valence-corrected chi connectivity index (χ4v) is 1.78. The first-order valence-electron chi connectivity index (χ1n) is 4.75. The minimum atomic E-state index is -1.23. The lowest BCUT2D eigenvalue weighted by Crippen LogP contribution is -2.43. The van der Waals surface area contributed by atoms with E-state index < -0.39 is 18.2 Å². The molecule has 0 bridgehead atoms. The van der Waals surface area contributed by atoms with Crippen molar-refractivity contribution in [3.63, 3.8) is 0 Å². The van der Waals surface area contributed by atoms with Gasteiger partial charge in [-0.3, -0.25) is 4.79 Å². The first-order valence-corrected chi connectivity index (χ1v) is 5.38. The molecular formula is C9H14FNO3S. The average molecular weight is 234 g/mol. The highest BCUT2D eigenvalue weighted by molar-refractivity contribution is 7.80. The molecule has 1 fully saturated rings. The maximum atomic E-state index is 13.0. The van der Waals surface area contributed by atoms with Gasteiger partial charge in [-0.1, -0.05) is 6.92 Å². The number of carboxylic acids is 1. The van der Waals surface area contributed by atoms with Crippen molar-refractivity contribution in [2.45, 2.75) is 25.6 Å². The normalized spacial score (nSPS) is 27.8. The van der Waals surface area contributed by atoms with Crippen LogP contribution >= 0.6 is 12.6 Å². The molecule has 4 nitrogen and oxygen atoms in total. The van der Waals surface area contributed by atoms with Gasteiger partial charge < -0.3 is 10.0 Å². The largest absolute Gasteiger partial charge is 0.480 e. The summed E-state index contributed by atoms with van der Waals surface area (Å²) in [6.07, 6.45) is -1.34. The van der Waals surface area contributed by atoms with E-state index in [0.29, 0.717) is 5.75 Å². The number of thiol groups is 1. The molecule has 1 aliphatic heterocycles. The molecule has 0 radical (unpaired) electrons. The summed E-state index contributed by atoms with van der Waals surface area (Å²) in [5.74, 6) is -1.52. The molecule has 1 heterocycles. The predicted molar refractivity (Wildman–Crippen MR) is 55.7 cm³/mol. The van der Waals surface area contributed by atoms with Crippen LogP contribution in [0.2, 0.25) is 0 Å². The summed E-state index contributed by atoms with van der Waals surface area (Å²) in [6, 6.07) is -1.02. The van der Waals surface area contributed by atoms with Crippen molar-refractivity contribution in [1.82, 2.24) is 4.90 Å². The van der Waals surface area contributed by atoms with Crippen molar-refractivity contribution in [3.8, 4) is 0 Å². The highest BCUT2D eigenvalue weighted by Crippen LogP contribution is 2.22. The van der Waals surface area contributed by atoms with Gasteiger partial charge in [0.05, 0.1) is 6.54 Å². The molecule has 1 aliphatic rings. The maximum absolute atomic E-state index is 13.0. The average Bonchev–Trinajstić information content (AvgIpc) is 2.58. The zero-order valence-corrected chi connectivity index (χ0v) is 9.28. The van der Waals surface area contributed by atoms with Gasteiger partial charge in [0, 0.05) is 18.1 Å². The van der Waals surface area contributed by atoms with Crippen molar-refractivity contribution in [2.24, 2.45) is 5.92 Å². The first kappa shape index (κ1) is 12.3. The molecule has 0 spiro atoms. The second-order valence-corrected chi connectivity index (χ2v) is 4.13. The van der Waals surface area contributed by atoms with E-state index in [1.165, 1.54) is 0 Å². The fraction of sp³-hybridized carbons (Fsp3) is 0.778. The fourth-order valence-electron chi connectivity index (χ4n) is 1.62. The molecule has 1 N–H and O–H groups in total. The Hall–Kier alpha value is -0.780. The molecule has 15 heavy (non-hydrogen) atoms. The van der Waals surface area contributed by atoms with E-state index in [9.17, 15) is 14.0 Å². The number of carbonyl (C=O) groups excluding carboxylic acids is 1. The predicted octanol–water partition coefficient (Wildman–Crippen LogP) is 0.576. The minimum Gasteiger partial charge on any atom is -0.480 e. The van der Waals surface area contributed by atoms with E-state index in [0.717, 1.165) is 4.90 Å². The number of likely N-dealkylation sites (tertiary alicyclic amines) is 1. The van der Waals surface area contributed by atoms with Crippen molar-refractivity contribution >= 4 is 24.5 Å². The number of hydrogen-bond donors (Lipinski definition) is 2. The summed E-state index contributed by atoms with van der Waals surface area (Å²) in [6.45, 7) is 1.54. The second-order valence-electron chi connectivity index (χ2n) is 3.76. The van der Waals surface area contributed by atoms with Gasteiger partial charge in [0.2, 0.25) is 5.91 Å². The molecule has 86 valence electrons. The van der Waals surface area contributed by atoms with Gasteiger partial charge in [0.1, 0.15) is 12.2 Å². The lowest BCUT2D eigenvalue weighted by molar-refractivity contribution is -0.149. The van der Waals surface area contributed by atoms with E-state index >= 15 is 0 Å². The third kappa shape index (κ3) is 2.62. The molecule has 3 atom stereocenters. The number of amides is 1. The Balaban J connectivity index is 2.75. The third-order valence-corrected chi connectivity index (χ3v) is 3.06. The van der Waals surface area contributed by atoms with Crippen LogP contribution in [0.15, 0.2) is 0 Å². The van der Waals surface area contributed by atoms with Crippen LogP contribution in [-0.2, 0) is 9.59 Å². The summed E-state index contributed by atoms with van der Waals surface area (Å²) >= 11 is 3.96. The third-order valence-electron chi connectivity index (χ3n) is 2.51. The molecule has 1 saturated heterocycles. The zero-order chi connectivity index (χ0) is 11.6. The van der Waals surface area contributed by atoms with Gasteiger partial charge in [0.15, 0.2) is 0 Å². The van der Waals surface area contributed by atoms with Gasteiger partial charge in [0.25, 0.3) is 0 Å². The van der Waals surface area contributed by atoms with Gasteiger partial charge in [-0.25, -0.2) is 9.18 Å². The van der Waals surface area contributed by atoms with Crippen LogP contribution in [0.5, 0.6) is 0 Å². The Kier molecular flexibility index (Phi) is 3.96. The van der Waals surface area contributed by atoms with Gasteiger partial charge in [-0.05, 0) is 0 Å². The summed E-state index contributed by atoms with van der Waals surface area (Å²) < 4.78 is 13.0. The van der Waals surface area contributed by atoms with E-state index in [1.807, 2.05) is 0 Å². The maximum Gasteiger partial charge on any atom is 0.326 e. The Bertz CT molecular complexity index is 274. The van der Waals surface area contributed by atoms with E-state index in [4.69, 9.17) is 5.11 Å². The molecular weight excluding hydrogens is 220 g/mol. The van der Waals surface area contributed by atoms with Crippen molar-refractivity contribution in [2.75, 3.05) is 12.3 Å². The highest BCUT2D eigenvalue weighted by atomic mass is 32.1. The standard InChI is InChI=1S/C9H14FNO3S/c1-5(4-15)8(12)11-3-6(10)2-7(11)9(13)14/h5-7,15H,2-4H2,1H3,(H,13,14)/t5-,6+,7+/m1/s1/i10-1. The first-order chi connectivity index (χ1) is 6.97. The SMILES string of the molecule is C[C@H](CS)C(=O)N1C[C@@H]([18F])C[C@H]1C(=O)O. The number of rotatable bonds is 3. The van der Waals surface area contributed by atoms with Crippen molar-refractivity contribution in [3.05, 3.63) is 0 Å². The number of carbonyl (C=O) groups is 2. The smallest absolute Gasteiger partial charge is 0.326 e. The molecule has 0 aromatic carbocycles. The molecule has 0 saturated carbocycles. The quantitative estimate of drug-likeness (QED) is 0.702. The number of halogens is 1. The molecule has 0 aliphatic carbocycles. The Labute approximate surface area is 92.9 Å². The van der Waals surface area contributed by atoms with Crippen LogP contribution in [0.1, 0.15) is 13.3 Å². The lowest BCUT2D eigenvalue weighted by Gasteiger charge is -2.23. The molecule has 1 amide bonds. The van der Waals surface area contributed by atoms with Gasteiger partial charge >= 0.3 is 5.97 Å². The molecule has 0 unspecified atom stereocenters. The molecule has 0 aromatic rings. The second kappa shape index (κ2) is 4.83. The van der Waals surface area contributed by atoms with Crippen LogP contribution in [0, 0.1) is 5.92 Å². The van der Waals surface area contributed by atoms with Crippen molar-refractivity contribution in [1.29, 1.82) is 0 Å². The summed E-state index contributed by atoms with van der Waals surface area (Å²) in [4.78, 5) is 23.6. The van der Waals surface area contributed by atoms with Crippen LogP contribution < -0.4 is 0 Å². The van der Waals surface area contributed by atoms with Crippen LogP contribution in [0.3, 0.4) is 0 Å². The molecule has 0 aromatic heterocycles. The summed E-state index contributed by atoms with van der Waals surface area (Å²) in [5, 5.41) is 8.83. The number of hydrogen-bond acceptors (Lipinski definition) is 3. The number of aliphatic carboxylic acids is 1. The van der Waals surface area contributed by atoms with E-state index in [2.05, 4.69) is 12.6 Å². The Morgan fingerprint density at radius 2 is 2.27 bits per heavy atom.